The minimum atomic E-state index is -1.82. The zero-order chi connectivity index (χ0) is 19.4. The van der Waals surface area contributed by atoms with Crippen molar-refractivity contribution in [2.45, 2.75) is 13.0 Å². The van der Waals surface area contributed by atoms with Crippen LogP contribution in [-0.2, 0) is 20.9 Å². The molecule has 146 valence electrons. The molecule has 26 heavy (non-hydrogen) atoms. The van der Waals surface area contributed by atoms with Gasteiger partial charge in [0.15, 0.2) is 0 Å². The number of ether oxygens (including phenoxy) is 1. The molecule has 1 aliphatic rings. The fraction of sp³-hybridized carbons (Fsp3) is 0.556. The number of morpholine rings is 1. The van der Waals surface area contributed by atoms with Gasteiger partial charge in [0.2, 0.25) is 0 Å². The van der Waals surface area contributed by atoms with Gasteiger partial charge in [0.05, 0.1) is 13.2 Å². The minimum absolute atomic E-state index is 0.894. The zero-order valence-corrected chi connectivity index (χ0v) is 15.5. The summed E-state index contributed by atoms with van der Waals surface area (Å²) in [5.41, 5.74) is 2.60. The SMILES string of the molecule is CN(C)c1ccc(CNCCCN2CCOCC2)cc1.O=C(O)C(=O)O. The Morgan fingerprint density at radius 2 is 1.69 bits per heavy atom. The number of carbonyl (C=O) groups is 2. The Morgan fingerprint density at radius 3 is 2.19 bits per heavy atom. The number of anilines is 1. The molecule has 0 radical (unpaired) electrons. The lowest BCUT2D eigenvalue weighted by atomic mass is 10.2. The van der Waals surface area contributed by atoms with Crippen molar-refractivity contribution in [1.82, 2.24) is 10.2 Å². The summed E-state index contributed by atoms with van der Waals surface area (Å²) in [6.45, 7) is 7.18. The number of rotatable bonds is 7. The fourth-order valence-electron chi connectivity index (χ4n) is 2.40. The van der Waals surface area contributed by atoms with Crippen molar-refractivity contribution in [3.63, 3.8) is 0 Å². The van der Waals surface area contributed by atoms with E-state index in [1.807, 2.05) is 0 Å². The first-order valence-corrected chi connectivity index (χ1v) is 8.63. The van der Waals surface area contributed by atoms with E-state index in [1.165, 1.54) is 24.2 Å². The second-order valence-electron chi connectivity index (χ2n) is 6.16. The maximum absolute atomic E-state index is 9.10. The third-order valence-corrected chi connectivity index (χ3v) is 3.90. The van der Waals surface area contributed by atoms with Crippen LogP contribution in [-0.4, -0.2) is 80.5 Å². The van der Waals surface area contributed by atoms with Crippen LogP contribution in [0.4, 0.5) is 5.69 Å². The highest BCUT2D eigenvalue weighted by Gasteiger charge is 2.08. The van der Waals surface area contributed by atoms with Crippen LogP contribution in [0.3, 0.4) is 0 Å². The maximum atomic E-state index is 9.10. The van der Waals surface area contributed by atoms with Gasteiger partial charge in [-0.2, -0.15) is 0 Å². The first kappa shape index (κ1) is 21.9. The van der Waals surface area contributed by atoms with Crippen molar-refractivity contribution in [1.29, 1.82) is 0 Å². The Balaban J connectivity index is 0.000000487. The highest BCUT2D eigenvalue weighted by molar-refractivity contribution is 6.27. The summed E-state index contributed by atoms with van der Waals surface area (Å²) in [4.78, 5) is 22.8. The predicted molar refractivity (Wildman–Crippen MR) is 99.6 cm³/mol. The fourth-order valence-corrected chi connectivity index (χ4v) is 2.40. The first-order valence-electron chi connectivity index (χ1n) is 8.63. The third kappa shape index (κ3) is 9.36. The van der Waals surface area contributed by atoms with Crippen LogP contribution in [0, 0.1) is 0 Å². The van der Waals surface area contributed by atoms with Crippen LogP contribution < -0.4 is 10.2 Å². The molecule has 8 heteroatoms. The molecule has 1 aromatic carbocycles. The molecule has 0 saturated carbocycles. The van der Waals surface area contributed by atoms with E-state index in [1.54, 1.807) is 0 Å². The molecule has 0 aliphatic carbocycles. The third-order valence-electron chi connectivity index (χ3n) is 3.90. The average Bonchev–Trinajstić information content (AvgIpc) is 2.63. The molecule has 1 saturated heterocycles. The smallest absolute Gasteiger partial charge is 0.414 e. The van der Waals surface area contributed by atoms with Gasteiger partial charge in [-0.15, -0.1) is 0 Å². The van der Waals surface area contributed by atoms with Crippen LogP contribution in [0.15, 0.2) is 24.3 Å². The van der Waals surface area contributed by atoms with E-state index in [4.69, 9.17) is 24.5 Å². The molecule has 0 atom stereocenters. The lowest BCUT2D eigenvalue weighted by Gasteiger charge is -2.26. The van der Waals surface area contributed by atoms with Gasteiger partial charge in [0, 0.05) is 39.4 Å². The van der Waals surface area contributed by atoms with E-state index in [2.05, 4.69) is 53.5 Å². The molecular formula is C18H29N3O5. The lowest BCUT2D eigenvalue weighted by Crippen LogP contribution is -2.37. The van der Waals surface area contributed by atoms with Crippen LogP contribution in [0.5, 0.6) is 0 Å². The Labute approximate surface area is 154 Å². The average molecular weight is 367 g/mol. The van der Waals surface area contributed by atoms with Crippen molar-refractivity contribution in [2.24, 2.45) is 0 Å². The molecule has 3 N–H and O–H groups in total. The summed E-state index contributed by atoms with van der Waals surface area (Å²) >= 11 is 0. The molecule has 2 rings (SSSR count). The number of aliphatic carboxylic acids is 2. The van der Waals surface area contributed by atoms with Crippen LogP contribution in [0.1, 0.15) is 12.0 Å². The molecule has 0 aromatic heterocycles. The monoisotopic (exact) mass is 367 g/mol. The summed E-state index contributed by atoms with van der Waals surface area (Å²) in [6.07, 6.45) is 1.20. The standard InChI is InChI=1S/C16H27N3O.C2H2O4/c1-18(2)16-6-4-15(5-7-16)14-17-8-3-9-19-10-12-20-13-11-19;3-1(4)2(5)6/h4-7,17H,3,8-14H2,1-2H3;(H,3,4)(H,5,6). The number of nitrogens with one attached hydrogen (secondary N) is 1. The lowest BCUT2D eigenvalue weighted by molar-refractivity contribution is -0.159. The summed E-state index contributed by atoms with van der Waals surface area (Å²) < 4.78 is 5.35. The van der Waals surface area contributed by atoms with E-state index < -0.39 is 11.9 Å². The molecule has 1 aromatic rings. The van der Waals surface area contributed by atoms with Gasteiger partial charge in [-0.1, -0.05) is 12.1 Å². The van der Waals surface area contributed by atoms with E-state index in [9.17, 15) is 0 Å². The number of nitrogens with zero attached hydrogens (tertiary/aromatic N) is 2. The molecule has 0 spiro atoms. The summed E-state index contributed by atoms with van der Waals surface area (Å²) in [6, 6.07) is 8.74. The van der Waals surface area contributed by atoms with E-state index in [0.717, 1.165) is 39.4 Å². The van der Waals surface area contributed by atoms with Gasteiger partial charge >= 0.3 is 11.9 Å². The van der Waals surface area contributed by atoms with Crippen LogP contribution >= 0.6 is 0 Å². The first-order chi connectivity index (χ1) is 12.4. The van der Waals surface area contributed by atoms with E-state index >= 15 is 0 Å². The second kappa shape index (κ2) is 12.2. The van der Waals surface area contributed by atoms with Crippen LogP contribution in [0.2, 0.25) is 0 Å². The van der Waals surface area contributed by atoms with Crippen molar-refractivity contribution in [3.05, 3.63) is 29.8 Å². The van der Waals surface area contributed by atoms with E-state index in [-0.39, 0.29) is 0 Å². The Hall–Kier alpha value is -2.16. The van der Waals surface area contributed by atoms with Gasteiger partial charge in [0.25, 0.3) is 0 Å². The van der Waals surface area contributed by atoms with Gasteiger partial charge < -0.3 is 25.2 Å². The predicted octanol–water partition coefficient (Wildman–Crippen LogP) is 0.720. The van der Waals surface area contributed by atoms with Crippen molar-refractivity contribution < 1.29 is 24.5 Å². The number of hydrogen-bond donors (Lipinski definition) is 3. The Kier molecular flexibility index (Phi) is 10.3. The molecule has 0 amide bonds. The summed E-state index contributed by atoms with van der Waals surface area (Å²) in [7, 11) is 4.14. The highest BCUT2D eigenvalue weighted by atomic mass is 16.5. The number of carboxylic acid groups (broad SMARTS) is 2. The summed E-state index contributed by atoms with van der Waals surface area (Å²) in [5.74, 6) is -3.65. The van der Waals surface area contributed by atoms with Crippen LogP contribution in [0.25, 0.3) is 0 Å². The van der Waals surface area contributed by atoms with Gasteiger partial charge in [0.1, 0.15) is 0 Å². The largest absolute Gasteiger partial charge is 0.473 e. The van der Waals surface area contributed by atoms with Crippen molar-refractivity contribution >= 4 is 17.6 Å². The van der Waals surface area contributed by atoms with Gasteiger partial charge in [-0.25, -0.2) is 9.59 Å². The Bertz CT molecular complexity index is 530. The number of carboxylic acids is 2. The topological polar surface area (TPSA) is 102 Å². The molecule has 8 nitrogen and oxygen atoms in total. The molecule has 0 unspecified atom stereocenters. The number of benzene rings is 1. The minimum Gasteiger partial charge on any atom is -0.473 e. The molecule has 1 aliphatic heterocycles. The zero-order valence-electron chi connectivity index (χ0n) is 15.5. The maximum Gasteiger partial charge on any atom is 0.414 e. The summed E-state index contributed by atoms with van der Waals surface area (Å²) in [5, 5.41) is 18.3. The number of hydrogen-bond acceptors (Lipinski definition) is 6. The normalized spacial score (nSPS) is 14.2. The van der Waals surface area contributed by atoms with E-state index in [0.29, 0.717) is 0 Å². The molecule has 0 bridgehead atoms. The van der Waals surface area contributed by atoms with Crippen molar-refractivity contribution in [3.8, 4) is 0 Å². The Morgan fingerprint density at radius 1 is 1.12 bits per heavy atom. The highest BCUT2D eigenvalue weighted by Crippen LogP contribution is 2.11. The quantitative estimate of drug-likeness (QED) is 0.479. The second-order valence-corrected chi connectivity index (χ2v) is 6.16. The molecule has 1 fully saturated rings. The van der Waals surface area contributed by atoms with Gasteiger partial charge in [-0.3, -0.25) is 4.90 Å². The van der Waals surface area contributed by atoms with Crippen molar-refractivity contribution in [2.75, 3.05) is 58.4 Å². The molecule has 1 heterocycles. The van der Waals surface area contributed by atoms with Gasteiger partial charge in [-0.05, 0) is 37.2 Å². The molecular weight excluding hydrogens is 338 g/mol.